The molecule has 5 nitrogen and oxygen atoms in total. The van der Waals surface area contributed by atoms with Crippen molar-refractivity contribution in [2.24, 2.45) is 5.92 Å². The fraction of sp³-hybridized carbons (Fsp3) is 0.333. The maximum Gasteiger partial charge on any atom is 0.251 e. The Labute approximate surface area is 135 Å². The standard InChI is InChI=1S/C18H22N2O3/c1-12(2)9-16(21)11-20-18(23)14-5-3-13(4-6-14)17(22)15-7-8-19-10-15/h3-8,10,12,16,19,21H,9,11H2,1-2H3,(H,20,23). The molecule has 2 aromatic rings. The Bertz CT molecular complexity index is 645. The summed E-state index contributed by atoms with van der Waals surface area (Å²) in [7, 11) is 0. The van der Waals surface area contributed by atoms with Gasteiger partial charge in [0, 0.05) is 35.6 Å². The number of carbonyl (C=O) groups excluding carboxylic acids is 2. The van der Waals surface area contributed by atoms with Gasteiger partial charge in [0.25, 0.3) is 5.91 Å². The van der Waals surface area contributed by atoms with E-state index < -0.39 is 6.10 Å². The maximum atomic E-state index is 12.2. The summed E-state index contributed by atoms with van der Waals surface area (Å²) in [6, 6.07) is 8.21. The van der Waals surface area contributed by atoms with Gasteiger partial charge >= 0.3 is 0 Å². The zero-order valence-electron chi connectivity index (χ0n) is 13.4. The highest BCUT2D eigenvalue weighted by Gasteiger charge is 2.13. The van der Waals surface area contributed by atoms with Gasteiger partial charge in [0.1, 0.15) is 0 Å². The van der Waals surface area contributed by atoms with E-state index >= 15 is 0 Å². The van der Waals surface area contributed by atoms with Crippen LogP contribution in [0, 0.1) is 5.92 Å². The van der Waals surface area contributed by atoms with Crippen molar-refractivity contribution in [2.45, 2.75) is 26.4 Å². The van der Waals surface area contributed by atoms with Crippen LogP contribution in [0.5, 0.6) is 0 Å². The molecular weight excluding hydrogens is 292 g/mol. The second-order valence-electron chi connectivity index (χ2n) is 6.00. The zero-order valence-corrected chi connectivity index (χ0v) is 13.4. The lowest BCUT2D eigenvalue weighted by Crippen LogP contribution is -2.32. The minimum atomic E-state index is -0.548. The molecule has 23 heavy (non-hydrogen) atoms. The average Bonchev–Trinajstić information content (AvgIpc) is 3.06. The first-order valence-corrected chi connectivity index (χ1v) is 7.71. The van der Waals surface area contributed by atoms with Crippen molar-refractivity contribution in [3.63, 3.8) is 0 Å². The molecule has 1 aromatic heterocycles. The van der Waals surface area contributed by atoms with Gasteiger partial charge in [0.15, 0.2) is 5.78 Å². The van der Waals surface area contributed by atoms with E-state index in [0.29, 0.717) is 29.0 Å². The van der Waals surface area contributed by atoms with Crippen molar-refractivity contribution < 1.29 is 14.7 Å². The highest BCUT2D eigenvalue weighted by atomic mass is 16.3. The Morgan fingerprint density at radius 3 is 2.30 bits per heavy atom. The highest BCUT2D eigenvalue weighted by molar-refractivity contribution is 6.09. The lowest BCUT2D eigenvalue weighted by atomic mass is 10.0. The van der Waals surface area contributed by atoms with Crippen molar-refractivity contribution in [2.75, 3.05) is 6.54 Å². The van der Waals surface area contributed by atoms with E-state index in [1.165, 1.54) is 0 Å². The van der Waals surface area contributed by atoms with Crippen LogP contribution in [-0.4, -0.2) is 34.4 Å². The number of aliphatic hydroxyl groups is 1. The molecule has 1 heterocycles. The van der Waals surface area contributed by atoms with Crippen LogP contribution in [0.3, 0.4) is 0 Å². The highest BCUT2D eigenvalue weighted by Crippen LogP contribution is 2.11. The molecular formula is C18H22N2O3. The number of aromatic amines is 1. The Balaban J connectivity index is 1.94. The van der Waals surface area contributed by atoms with Gasteiger partial charge in [-0.25, -0.2) is 0 Å². The van der Waals surface area contributed by atoms with Crippen LogP contribution in [0.15, 0.2) is 42.7 Å². The minimum Gasteiger partial charge on any atom is -0.391 e. The molecule has 0 aliphatic carbocycles. The second-order valence-corrected chi connectivity index (χ2v) is 6.00. The van der Waals surface area contributed by atoms with Crippen molar-refractivity contribution in [1.29, 1.82) is 0 Å². The first-order chi connectivity index (χ1) is 11.0. The smallest absolute Gasteiger partial charge is 0.251 e. The molecule has 0 aliphatic heterocycles. The molecule has 1 aromatic carbocycles. The molecule has 0 aliphatic rings. The number of aromatic nitrogens is 1. The number of rotatable bonds is 7. The molecule has 122 valence electrons. The number of aliphatic hydroxyl groups excluding tert-OH is 1. The minimum absolute atomic E-state index is 0.0921. The van der Waals surface area contributed by atoms with E-state index in [4.69, 9.17) is 0 Å². The number of H-pyrrole nitrogens is 1. The third-order valence-corrected chi connectivity index (χ3v) is 3.51. The molecule has 1 amide bonds. The van der Waals surface area contributed by atoms with Crippen LogP contribution in [0.2, 0.25) is 0 Å². The number of hydrogen-bond donors (Lipinski definition) is 3. The predicted octanol–water partition coefficient (Wildman–Crippen LogP) is 2.38. The largest absolute Gasteiger partial charge is 0.391 e. The SMILES string of the molecule is CC(C)CC(O)CNC(=O)c1ccc(C(=O)c2cc[nH]c2)cc1. The molecule has 1 atom stereocenters. The number of ketones is 1. The second kappa shape index (κ2) is 7.74. The van der Waals surface area contributed by atoms with Gasteiger partial charge in [0.05, 0.1) is 6.10 Å². The molecule has 5 heteroatoms. The number of carbonyl (C=O) groups is 2. The summed E-state index contributed by atoms with van der Waals surface area (Å²) in [5.41, 5.74) is 1.58. The molecule has 0 fully saturated rings. The van der Waals surface area contributed by atoms with Crippen molar-refractivity contribution >= 4 is 11.7 Å². The predicted molar refractivity (Wildman–Crippen MR) is 88.5 cm³/mol. The third-order valence-electron chi connectivity index (χ3n) is 3.51. The Kier molecular flexibility index (Phi) is 5.71. The molecule has 1 unspecified atom stereocenters. The zero-order chi connectivity index (χ0) is 16.8. The molecule has 0 spiro atoms. The summed E-state index contributed by atoms with van der Waals surface area (Å²) < 4.78 is 0. The first kappa shape index (κ1) is 17.0. The summed E-state index contributed by atoms with van der Waals surface area (Å²) in [5.74, 6) is 0.0274. The van der Waals surface area contributed by atoms with Crippen LogP contribution < -0.4 is 5.32 Å². The van der Waals surface area contributed by atoms with Crippen LogP contribution in [-0.2, 0) is 0 Å². The topological polar surface area (TPSA) is 82.2 Å². The van der Waals surface area contributed by atoms with Gasteiger partial charge in [-0.1, -0.05) is 26.0 Å². The normalized spacial score (nSPS) is 12.2. The summed E-state index contributed by atoms with van der Waals surface area (Å²) in [5, 5.41) is 12.5. The maximum absolute atomic E-state index is 12.2. The van der Waals surface area contributed by atoms with Gasteiger partial charge in [0.2, 0.25) is 0 Å². The summed E-state index contributed by atoms with van der Waals surface area (Å²) in [4.78, 5) is 27.0. The van der Waals surface area contributed by atoms with Crippen LogP contribution in [0.1, 0.15) is 46.5 Å². The quantitative estimate of drug-likeness (QED) is 0.686. The Morgan fingerprint density at radius 2 is 1.74 bits per heavy atom. The van der Waals surface area contributed by atoms with E-state index in [2.05, 4.69) is 10.3 Å². The lowest BCUT2D eigenvalue weighted by molar-refractivity contribution is 0.0899. The molecule has 0 bridgehead atoms. The number of amides is 1. The molecule has 0 saturated carbocycles. The van der Waals surface area contributed by atoms with Gasteiger partial charge < -0.3 is 15.4 Å². The lowest BCUT2D eigenvalue weighted by Gasteiger charge is -2.13. The monoisotopic (exact) mass is 314 g/mol. The fourth-order valence-electron chi connectivity index (χ4n) is 2.34. The van der Waals surface area contributed by atoms with Gasteiger partial charge in [-0.05, 0) is 30.5 Å². The molecule has 3 N–H and O–H groups in total. The summed E-state index contributed by atoms with van der Waals surface area (Å²) >= 11 is 0. The van der Waals surface area contributed by atoms with Gasteiger partial charge in [-0.15, -0.1) is 0 Å². The number of hydrogen-bond acceptors (Lipinski definition) is 3. The van der Waals surface area contributed by atoms with Crippen molar-refractivity contribution in [1.82, 2.24) is 10.3 Å². The van der Waals surface area contributed by atoms with Crippen LogP contribution >= 0.6 is 0 Å². The Morgan fingerprint density at radius 1 is 1.09 bits per heavy atom. The van der Waals surface area contributed by atoms with E-state index in [9.17, 15) is 14.7 Å². The number of benzene rings is 1. The summed E-state index contributed by atoms with van der Waals surface area (Å²) in [6.07, 6.45) is 3.43. The molecule has 0 saturated heterocycles. The van der Waals surface area contributed by atoms with E-state index in [0.717, 1.165) is 0 Å². The summed E-state index contributed by atoms with van der Waals surface area (Å²) in [6.45, 7) is 4.26. The van der Waals surface area contributed by atoms with Crippen LogP contribution in [0.25, 0.3) is 0 Å². The third kappa shape index (κ3) is 4.79. The fourth-order valence-corrected chi connectivity index (χ4v) is 2.34. The van der Waals surface area contributed by atoms with Crippen LogP contribution in [0.4, 0.5) is 0 Å². The molecule has 2 rings (SSSR count). The van der Waals surface area contributed by atoms with E-state index in [-0.39, 0.29) is 18.2 Å². The average molecular weight is 314 g/mol. The Hall–Kier alpha value is -2.40. The van der Waals surface area contributed by atoms with Crippen molar-refractivity contribution in [3.8, 4) is 0 Å². The van der Waals surface area contributed by atoms with Gasteiger partial charge in [-0.3, -0.25) is 9.59 Å². The molecule has 0 radical (unpaired) electrons. The first-order valence-electron chi connectivity index (χ1n) is 7.71. The van der Waals surface area contributed by atoms with Gasteiger partial charge in [-0.2, -0.15) is 0 Å². The van der Waals surface area contributed by atoms with E-state index in [1.807, 2.05) is 13.8 Å². The number of nitrogens with one attached hydrogen (secondary N) is 2. The van der Waals surface area contributed by atoms with Crippen molar-refractivity contribution in [3.05, 3.63) is 59.4 Å². The van der Waals surface area contributed by atoms with E-state index in [1.54, 1.807) is 42.7 Å².